The van der Waals surface area contributed by atoms with Crippen LogP contribution in [0, 0.1) is 0 Å². The Balaban J connectivity index is 1.55. The minimum Gasteiger partial charge on any atom is -0.464 e. The Morgan fingerprint density at radius 2 is 2.00 bits per heavy atom. The van der Waals surface area contributed by atoms with Crippen molar-refractivity contribution >= 4 is 29.2 Å². The van der Waals surface area contributed by atoms with Crippen molar-refractivity contribution in [1.82, 2.24) is 4.90 Å². The minimum atomic E-state index is -0.197. The van der Waals surface area contributed by atoms with Gasteiger partial charge in [-0.3, -0.25) is 9.69 Å². The van der Waals surface area contributed by atoms with Gasteiger partial charge in [-0.05, 0) is 36.6 Å². The lowest BCUT2D eigenvalue weighted by atomic mass is 9.96. The van der Waals surface area contributed by atoms with Gasteiger partial charge in [-0.25, -0.2) is 0 Å². The van der Waals surface area contributed by atoms with Gasteiger partial charge in [0.1, 0.15) is 6.04 Å². The Labute approximate surface area is 158 Å². The van der Waals surface area contributed by atoms with Crippen LogP contribution in [-0.2, 0) is 16.0 Å². The van der Waals surface area contributed by atoms with Crippen molar-refractivity contribution in [3.8, 4) is 0 Å². The number of carbonyl (C=O) groups excluding carboxylic acids is 1. The normalized spacial score (nSPS) is 18.4. The SMILES string of the molecule is CC(c1ccc(Cl)cc1Cl)N1CCC1C(=O)OCCc1ccccc1. The van der Waals surface area contributed by atoms with Crippen LogP contribution >= 0.6 is 23.2 Å². The molecule has 5 heteroatoms. The lowest BCUT2D eigenvalue weighted by Gasteiger charge is -2.43. The molecule has 0 bridgehead atoms. The topological polar surface area (TPSA) is 29.5 Å². The van der Waals surface area contributed by atoms with Gasteiger partial charge < -0.3 is 4.74 Å². The van der Waals surface area contributed by atoms with Gasteiger partial charge in [0, 0.05) is 29.1 Å². The molecule has 1 saturated heterocycles. The second kappa shape index (κ2) is 8.22. The predicted octanol–water partition coefficient (Wildman–Crippen LogP) is 4.91. The maximum atomic E-state index is 12.4. The molecule has 0 aromatic heterocycles. The molecule has 1 fully saturated rings. The van der Waals surface area contributed by atoms with Gasteiger partial charge in [0.25, 0.3) is 0 Å². The van der Waals surface area contributed by atoms with E-state index < -0.39 is 0 Å². The summed E-state index contributed by atoms with van der Waals surface area (Å²) in [5.74, 6) is -0.154. The number of ether oxygens (including phenoxy) is 1. The smallest absolute Gasteiger partial charge is 0.323 e. The van der Waals surface area contributed by atoms with E-state index in [0.717, 1.165) is 24.9 Å². The molecule has 25 heavy (non-hydrogen) atoms. The number of nitrogens with zero attached hydrogens (tertiary/aromatic N) is 1. The quantitative estimate of drug-likeness (QED) is 0.669. The third kappa shape index (κ3) is 4.35. The first-order chi connectivity index (χ1) is 12.1. The zero-order valence-electron chi connectivity index (χ0n) is 14.1. The van der Waals surface area contributed by atoms with Crippen LogP contribution in [0.15, 0.2) is 48.5 Å². The van der Waals surface area contributed by atoms with Crippen LogP contribution in [0.1, 0.15) is 30.5 Å². The Morgan fingerprint density at radius 3 is 2.64 bits per heavy atom. The molecule has 2 aromatic carbocycles. The van der Waals surface area contributed by atoms with Crippen molar-refractivity contribution in [2.24, 2.45) is 0 Å². The number of halogens is 2. The van der Waals surface area contributed by atoms with Crippen molar-refractivity contribution in [2.75, 3.05) is 13.2 Å². The van der Waals surface area contributed by atoms with E-state index in [1.807, 2.05) is 42.5 Å². The summed E-state index contributed by atoms with van der Waals surface area (Å²) in [5, 5.41) is 1.24. The molecule has 3 rings (SSSR count). The van der Waals surface area contributed by atoms with Gasteiger partial charge in [-0.1, -0.05) is 59.6 Å². The molecule has 0 saturated carbocycles. The van der Waals surface area contributed by atoms with Gasteiger partial charge in [0.05, 0.1) is 6.61 Å². The number of hydrogen-bond acceptors (Lipinski definition) is 3. The van der Waals surface area contributed by atoms with Crippen molar-refractivity contribution in [2.45, 2.75) is 31.8 Å². The summed E-state index contributed by atoms with van der Waals surface area (Å²) in [6, 6.07) is 15.4. The van der Waals surface area contributed by atoms with Crippen LogP contribution in [0.2, 0.25) is 10.0 Å². The Bertz CT molecular complexity index is 736. The molecule has 0 aliphatic carbocycles. The van der Waals surface area contributed by atoms with Gasteiger partial charge in [-0.2, -0.15) is 0 Å². The van der Waals surface area contributed by atoms with Crippen molar-refractivity contribution in [1.29, 1.82) is 0 Å². The first-order valence-corrected chi connectivity index (χ1v) is 9.23. The molecule has 0 N–H and O–H groups in total. The number of carbonyl (C=O) groups is 1. The predicted molar refractivity (Wildman–Crippen MR) is 101 cm³/mol. The first kappa shape index (κ1) is 18.2. The van der Waals surface area contributed by atoms with Crippen LogP contribution in [0.25, 0.3) is 0 Å². The average molecular weight is 378 g/mol. The van der Waals surface area contributed by atoms with Crippen LogP contribution in [0.4, 0.5) is 0 Å². The molecule has 0 spiro atoms. The fourth-order valence-corrected chi connectivity index (χ4v) is 3.72. The molecule has 2 atom stereocenters. The number of benzene rings is 2. The molecule has 0 amide bonds. The van der Waals surface area contributed by atoms with Crippen LogP contribution in [0.3, 0.4) is 0 Å². The van der Waals surface area contributed by atoms with E-state index in [-0.39, 0.29) is 18.1 Å². The van der Waals surface area contributed by atoms with Crippen LogP contribution in [-0.4, -0.2) is 30.1 Å². The van der Waals surface area contributed by atoms with E-state index in [4.69, 9.17) is 27.9 Å². The Hall–Kier alpha value is -1.55. The lowest BCUT2D eigenvalue weighted by Crippen LogP contribution is -2.53. The van der Waals surface area contributed by atoms with E-state index in [0.29, 0.717) is 16.7 Å². The highest BCUT2D eigenvalue weighted by molar-refractivity contribution is 6.35. The van der Waals surface area contributed by atoms with Crippen LogP contribution < -0.4 is 0 Å². The zero-order valence-corrected chi connectivity index (χ0v) is 15.6. The third-order valence-corrected chi connectivity index (χ3v) is 5.28. The molecule has 3 nitrogen and oxygen atoms in total. The summed E-state index contributed by atoms with van der Waals surface area (Å²) in [5.41, 5.74) is 2.15. The molecule has 2 unspecified atom stereocenters. The van der Waals surface area contributed by atoms with Crippen molar-refractivity contribution in [3.63, 3.8) is 0 Å². The van der Waals surface area contributed by atoms with E-state index in [1.165, 1.54) is 5.56 Å². The summed E-state index contributed by atoms with van der Waals surface area (Å²) in [7, 11) is 0. The fourth-order valence-electron chi connectivity index (χ4n) is 3.15. The summed E-state index contributed by atoms with van der Waals surface area (Å²) in [4.78, 5) is 14.5. The van der Waals surface area contributed by atoms with Gasteiger partial charge >= 0.3 is 5.97 Å². The summed E-state index contributed by atoms with van der Waals surface area (Å²) >= 11 is 12.3. The Morgan fingerprint density at radius 1 is 1.24 bits per heavy atom. The largest absolute Gasteiger partial charge is 0.464 e. The van der Waals surface area contributed by atoms with E-state index in [9.17, 15) is 4.79 Å². The highest BCUT2D eigenvalue weighted by atomic mass is 35.5. The molecule has 1 aliphatic heterocycles. The van der Waals surface area contributed by atoms with Crippen molar-refractivity contribution in [3.05, 3.63) is 69.7 Å². The molecular formula is C20H21Cl2NO2. The summed E-state index contributed by atoms with van der Waals surface area (Å²) < 4.78 is 5.48. The number of esters is 1. The molecular weight excluding hydrogens is 357 g/mol. The second-order valence-corrected chi connectivity index (χ2v) is 7.13. The monoisotopic (exact) mass is 377 g/mol. The average Bonchev–Trinajstić information content (AvgIpc) is 2.54. The zero-order chi connectivity index (χ0) is 17.8. The highest BCUT2D eigenvalue weighted by Gasteiger charge is 2.39. The molecule has 1 aliphatic rings. The Kier molecular flexibility index (Phi) is 6.00. The summed E-state index contributed by atoms with van der Waals surface area (Å²) in [6.45, 7) is 3.32. The minimum absolute atomic E-state index is 0.0465. The van der Waals surface area contributed by atoms with E-state index in [1.54, 1.807) is 6.07 Å². The number of likely N-dealkylation sites (tertiary alicyclic amines) is 1. The molecule has 132 valence electrons. The maximum Gasteiger partial charge on any atom is 0.323 e. The number of rotatable bonds is 6. The first-order valence-electron chi connectivity index (χ1n) is 8.47. The van der Waals surface area contributed by atoms with Gasteiger partial charge in [0.2, 0.25) is 0 Å². The van der Waals surface area contributed by atoms with Crippen molar-refractivity contribution < 1.29 is 9.53 Å². The lowest BCUT2D eigenvalue weighted by molar-refractivity contribution is -0.156. The summed E-state index contributed by atoms with van der Waals surface area (Å²) in [6.07, 6.45) is 1.55. The number of hydrogen-bond donors (Lipinski definition) is 0. The molecule has 1 heterocycles. The highest BCUT2D eigenvalue weighted by Crippen LogP contribution is 2.35. The molecule has 0 radical (unpaired) electrons. The van der Waals surface area contributed by atoms with E-state index in [2.05, 4.69) is 11.8 Å². The second-order valence-electron chi connectivity index (χ2n) is 6.29. The van der Waals surface area contributed by atoms with E-state index >= 15 is 0 Å². The molecule has 2 aromatic rings. The van der Waals surface area contributed by atoms with Gasteiger partial charge in [0.15, 0.2) is 0 Å². The van der Waals surface area contributed by atoms with Gasteiger partial charge in [-0.15, -0.1) is 0 Å². The fraction of sp³-hybridized carbons (Fsp3) is 0.350. The van der Waals surface area contributed by atoms with Crippen LogP contribution in [0.5, 0.6) is 0 Å². The standard InChI is InChI=1S/C20H21Cl2NO2/c1-14(17-8-7-16(21)13-18(17)22)23-11-9-19(23)20(24)25-12-10-15-5-3-2-4-6-15/h2-8,13-14,19H,9-12H2,1H3. The maximum absolute atomic E-state index is 12.4. The third-order valence-electron chi connectivity index (χ3n) is 4.72.